The SMILES string of the molecule is CCCC(N)c1ccc2c(c1)C(NC(=O)C(C)CC)CCO2. The van der Waals surface area contributed by atoms with Gasteiger partial charge >= 0.3 is 0 Å². The second kappa shape index (κ2) is 7.63. The van der Waals surface area contributed by atoms with Gasteiger partial charge in [-0.2, -0.15) is 0 Å². The van der Waals surface area contributed by atoms with Crippen LogP contribution in [0.2, 0.25) is 0 Å². The van der Waals surface area contributed by atoms with E-state index in [0.717, 1.165) is 42.6 Å². The van der Waals surface area contributed by atoms with Crippen molar-refractivity contribution in [2.45, 2.75) is 58.5 Å². The van der Waals surface area contributed by atoms with Crippen LogP contribution >= 0.6 is 0 Å². The van der Waals surface area contributed by atoms with E-state index in [9.17, 15) is 4.79 Å². The van der Waals surface area contributed by atoms with Gasteiger partial charge in [0, 0.05) is 23.9 Å². The van der Waals surface area contributed by atoms with E-state index in [1.165, 1.54) is 0 Å². The average molecular weight is 304 g/mol. The molecule has 1 aliphatic rings. The summed E-state index contributed by atoms with van der Waals surface area (Å²) in [4.78, 5) is 12.2. The predicted molar refractivity (Wildman–Crippen MR) is 88.7 cm³/mol. The van der Waals surface area contributed by atoms with Crippen LogP contribution in [-0.2, 0) is 4.79 Å². The molecule has 3 N–H and O–H groups in total. The lowest BCUT2D eigenvalue weighted by Crippen LogP contribution is -2.35. The van der Waals surface area contributed by atoms with Gasteiger partial charge in [0.05, 0.1) is 12.6 Å². The van der Waals surface area contributed by atoms with Gasteiger partial charge in [0.25, 0.3) is 0 Å². The molecule has 0 bridgehead atoms. The summed E-state index contributed by atoms with van der Waals surface area (Å²) in [6.07, 6.45) is 3.68. The molecule has 1 aliphatic heterocycles. The molecule has 0 saturated carbocycles. The maximum Gasteiger partial charge on any atom is 0.223 e. The van der Waals surface area contributed by atoms with Crippen LogP contribution in [0.1, 0.15) is 69.7 Å². The fraction of sp³-hybridized carbons (Fsp3) is 0.611. The van der Waals surface area contributed by atoms with E-state index < -0.39 is 0 Å². The number of nitrogens with one attached hydrogen (secondary N) is 1. The monoisotopic (exact) mass is 304 g/mol. The fourth-order valence-corrected chi connectivity index (χ4v) is 2.77. The summed E-state index contributed by atoms with van der Waals surface area (Å²) in [5.41, 5.74) is 8.41. The molecule has 0 radical (unpaired) electrons. The van der Waals surface area contributed by atoms with Gasteiger partial charge in [0.15, 0.2) is 0 Å². The average Bonchev–Trinajstić information content (AvgIpc) is 2.54. The van der Waals surface area contributed by atoms with Crippen LogP contribution in [0.15, 0.2) is 18.2 Å². The predicted octanol–water partition coefficient (Wildman–Crippen LogP) is 3.47. The first kappa shape index (κ1) is 16.8. The van der Waals surface area contributed by atoms with Gasteiger partial charge in [0.2, 0.25) is 5.91 Å². The second-order valence-corrected chi connectivity index (χ2v) is 6.20. The zero-order valence-corrected chi connectivity index (χ0v) is 13.9. The van der Waals surface area contributed by atoms with E-state index >= 15 is 0 Å². The molecule has 1 amide bonds. The van der Waals surface area contributed by atoms with Crippen molar-refractivity contribution in [1.29, 1.82) is 0 Å². The Morgan fingerprint density at radius 1 is 1.45 bits per heavy atom. The molecule has 0 spiro atoms. The number of amides is 1. The van der Waals surface area contributed by atoms with Crippen molar-refractivity contribution in [2.75, 3.05) is 6.61 Å². The second-order valence-electron chi connectivity index (χ2n) is 6.20. The minimum Gasteiger partial charge on any atom is -0.493 e. The van der Waals surface area contributed by atoms with Crippen LogP contribution in [0.5, 0.6) is 5.75 Å². The lowest BCUT2D eigenvalue weighted by molar-refractivity contribution is -0.125. The molecule has 4 heteroatoms. The van der Waals surface area contributed by atoms with Gasteiger partial charge in [-0.1, -0.05) is 33.3 Å². The molecule has 0 aromatic heterocycles. The summed E-state index contributed by atoms with van der Waals surface area (Å²) in [6.45, 7) is 6.77. The van der Waals surface area contributed by atoms with E-state index in [0.29, 0.717) is 6.61 Å². The van der Waals surface area contributed by atoms with Gasteiger partial charge in [0.1, 0.15) is 5.75 Å². The molecule has 122 valence electrons. The van der Waals surface area contributed by atoms with Crippen molar-refractivity contribution in [3.63, 3.8) is 0 Å². The molecular weight excluding hydrogens is 276 g/mol. The first-order chi connectivity index (χ1) is 10.6. The summed E-state index contributed by atoms with van der Waals surface area (Å²) < 4.78 is 5.72. The van der Waals surface area contributed by atoms with E-state index in [4.69, 9.17) is 10.5 Å². The van der Waals surface area contributed by atoms with Gasteiger partial charge in [-0.3, -0.25) is 4.79 Å². The van der Waals surface area contributed by atoms with Crippen LogP contribution in [0.4, 0.5) is 0 Å². The molecule has 0 aliphatic carbocycles. The molecule has 1 heterocycles. The summed E-state index contributed by atoms with van der Waals surface area (Å²) in [5.74, 6) is 1.02. The number of hydrogen-bond acceptors (Lipinski definition) is 3. The number of hydrogen-bond donors (Lipinski definition) is 2. The van der Waals surface area contributed by atoms with E-state index in [1.54, 1.807) is 0 Å². The number of carbonyl (C=O) groups excluding carboxylic acids is 1. The van der Waals surface area contributed by atoms with Crippen molar-refractivity contribution >= 4 is 5.91 Å². The number of ether oxygens (including phenoxy) is 1. The van der Waals surface area contributed by atoms with E-state index in [-0.39, 0.29) is 23.9 Å². The summed E-state index contributed by atoms with van der Waals surface area (Å²) in [6, 6.07) is 6.21. The normalized spacial score (nSPS) is 19.7. The number of nitrogens with two attached hydrogens (primary N) is 1. The highest BCUT2D eigenvalue weighted by atomic mass is 16.5. The standard InChI is InChI=1S/C18H28N2O2/c1-4-6-15(19)13-7-8-17-14(11-13)16(9-10-22-17)20-18(21)12(3)5-2/h7-8,11-12,15-16H,4-6,9-10,19H2,1-3H3,(H,20,21). The molecule has 22 heavy (non-hydrogen) atoms. The van der Waals surface area contributed by atoms with Gasteiger partial charge in [-0.25, -0.2) is 0 Å². The Balaban J connectivity index is 2.20. The van der Waals surface area contributed by atoms with Crippen LogP contribution in [0.25, 0.3) is 0 Å². The molecule has 3 atom stereocenters. The zero-order valence-electron chi connectivity index (χ0n) is 13.9. The van der Waals surface area contributed by atoms with Crippen molar-refractivity contribution in [1.82, 2.24) is 5.32 Å². The van der Waals surface area contributed by atoms with Gasteiger partial charge in [-0.05, 0) is 30.5 Å². The van der Waals surface area contributed by atoms with Crippen LogP contribution in [-0.4, -0.2) is 12.5 Å². The Labute approximate surface area is 133 Å². The van der Waals surface area contributed by atoms with Crippen LogP contribution in [0, 0.1) is 5.92 Å². The molecule has 0 saturated heterocycles. The number of fused-ring (bicyclic) bond motifs is 1. The highest BCUT2D eigenvalue weighted by molar-refractivity contribution is 5.78. The van der Waals surface area contributed by atoms with E-state index in [2.05, 4.69) is 18.3 Å². The summed E-state index contributed by atoms with van der Waals surface area (Å²) in [5, 5.41) is 3.16. The largest absolute Gasteiger partial charge is 0.493 e. The van der Waals surface area contributed by atoms with Crippen molar-refractivity contribution in [2.24, 2.45) is 11.7 Å². The lowest BCUT2D eigenvalue weighted by atomic mass is 9.94. The highest BCUT2D eigenvalue weighted by Gasteiger charge is 2.25. The topological polar surface area (TPSA) is 64.3 Å². The van der Waals surface area contributed by atoms with E-state index in [1.807, 2.05) is 26.0 Å². The third-order valence-electron chi connectivity index (χ3n) is 4.48. The Morgan fingerprint density at radius 2 is 2.23 bits per heavy atom. The maximum atomic E-state index is 12.2. The zero-order chi connectivity index (χ0) is 16.1. The Morgan fingerprint density at radius 3 is 2.91 bits per heavy atom. The Bertz CT molecular complexity index is 516. The van der Waals surface area contributed by atoms with Crippen molar-refractivity contribution < 1.29 is 9.53 Å². The Hall–Kier alpha value is -1.55. The maximum absolute atomic E-state index is 12.2. The lowest BCUT2D eigenvalue weighted by Gasteiger charge is -2.28. The molecule has 0 fully saturated rings. The highest BCUT2D eigenvalue weighted by Crippen LogP contribution is 2.34. The number of rotatable bonds is 6. The number of benzene rings is 1. The van der Waals surface area contributed by atoms with Crippen molar-refractivity contribution in [3.05, 3.63) is 29.3 Å². The van der Waals surface area contributed by atoms with Gasteiger partial charge < -0.3 is 15.8 Å². The Kier molecular flexibility index (Phi) is 5.83. The molecule has 3 unspecified atom stereocenters. The number of carbonyl (C=O) groups is 1. The minimum absolute atomic E-state index is 0.0269. The van der Waals surface area contributed by atoms with Crippen LogP contribution in [0.3, 0.4) is 0 Å². The smallest absolute Gasteiger partial charge is 0.223 e. The molecule has 2 rings (SSSR count). The summed E-state index contributed by atoms with van der Waals surface area (Å²) in [7, 11) is 0. The first-order valence-electron chi connectivity index (χ1n) is 8.39. The minimum atomic E-state index is 0.0269. The fourth-order valence-electron chi connectivity index (χ4n) is 2.77. The molecule has 4 nitrogen and oxygen atoms in total. The molecular formula is C18H28N2O2. The third kappa shape index (κ3) is 3.80. The summed E-state index contributed by atoms with van der Waals surface area (Å²) >= 11 is 0. The quantitative estimate of drug-likeness (QED) is 0.845. The third-order valence-corrected chi connectivity index (χ3v) is 4.48. The first-order valence-corrected chi connectivity index (χ1v) is 8.39. The molecule has 1 aromatic carbocycles. The molecule has 1 aromatic rings. The van der Waals surface area contributed by atoms with Crippen LogP contribution < -0.4 is 15.8 Å². The van der Waals surface area contributed by atoms with Crippen molar-refractivity contribution in [3.8, 4) is 5.75 Å². The van der Waals surface area contributed by atoms with Gasteiger partial charge in [-0.15, -0.1) is 0 Å².